The molecule has 1 fully saturated rings. The molecule has 1 amide bonds. The lowest BCUT2D eigenvalue weighted by Gasteiger charge is -2.41. The standard InChI is InChI=1S/C21H26N4O3/c26-19-7-9-25(21(28)22-19)10-8-20(27)24-13-11-23(12-14-24)18-6-5-16-3-1-2-4-17(16)15-18/h1-4,7,9,18H,5-6,8,10-15H2,(H,22,26,28)/t18-/m1/s1. The topological polar surface area (TPSA) is 78.4 Å². The Labute approximate surface area is 163 Å². The number of aryl methyl sites for hydroxylation is 2. The van der Waals surface area contributed by atoms with Crippen molar-refractivity contribution in [3.05, 3.63) is 68.5 Å². The van der Waals surface area contributed by atoms with Gasteiger partial charge in [0.15, 0.2) is 0 Å². The number of amides is 1. The average molecular weight is 382 g/mol. The molecule has 28 heavy (non-hydrogen) atoms. The first-order valence-electron chi connectivity index (χ1n) is 9.98. The molecule has 1 aliphatic heterocycles. The second-order valence-corrected chi connectivity index (χ2v) is 7.64. The van der Waals surface area contributed by atoms with E-state index in [-0.39, 0.29) is 18.9 Å². The van der Waals surface area contributed by atoms with Crippen LogP contribution in [0.5, 0.6) is 0 Å². The van der Waals surface area contributed by atoms with E-state index in [0.29, 0.717) is 6.04 Å². The molecule has 4 rings (SSSR count). The molecular weight excluding hydrogens is 356 g/mol. The largest absolute Gasteiger partial charge is 0.340 e. The van der Waals surface area contributed by atoms with Crippen molar-refractivity contribution >= 4 is 5.91 Å². The first kappa shape index (κ1) is 18.7. The minimum Gasteiger partial charge on any atom is -0.340 e. The number of nitrogens with one attached hydrogen (secondary N) is 1. The summed E-state index contributed by atoms with van der Waals surface area (Å²) in [6, 6.07) is 10.6. The summed E-state index contributed by atoms with van der Waals surface area (Å²) < 4.78 is 1.37. The molecule has 148 valence electrons. The average Bonchev–Trinajstić information content (AvgIpc) is 2.72. The SMILES string of the molecule is O=C(CCn1ccc(=O)[nH]c1=O)N1CCN([C@@H]2CCc3ccccc3C2)CC1. The van der Waals surface area contributed by atoms with Crippen LogP contribution in [-0.4, -0.2) is 57.5 Å². The molecule has 0 unspecified atom stereocenters. The van der Waals surface area contributed by atoms with E-state index in [1.165, 1.54) is 34.4 Å². The van der Waals surface area contributed by atoms with Crippen LogP contribution in [0, 0.1) is 0 Å². The molecular formula is C21H26N4O3. The fourth-order valence-electron chi connectivity index (χ4n) is 4.32. The minimum atomic E-state index is -0.470. The van der Waals surface area contributed by atoms with Crippen molar-refractivity contribution in [3.63, 3.8) is 0 Å². The van der Waals surface area contributed by atoms with Crippen LogP contribution in [0.3, 0.4) is 0 Å². The van der Waals surface area contributed by atoms with Gasteiger partial charge in [0.1, 0.15) is 0 Å². The van der Waals surface area contributed by atoms with Gasteiger partial charge < -0.3 is 9.47 Å². The van der Waals surface area contributed by atoms with E-state index in [4.69, 9.17) is 0 Å². The van der Waals surface area contributed by atoms with Crippen molar-refractivity contribution in [1.29, 1.82) is 0 Å². The van der Waals surface area contributed by atoms with Gasteiger partial charge in [-0.15, -0.1) is 0 Å². The fourth-order valence-corrected chi connectivity index (χ4v) is 4.32. The van der Waals surface area contributed by atoms with Crippen molar-refractivity contribution in [2.24, 2.45) is 0 Å². The number of carbonyl (C=O) groups excluding carboxylic acids is 1. The van der Waals surface area contributed by atoms with Gasteiger partial charge in [-0.3, -0.25) is 19.5 Å². The summed E-state index contributed by atoms with van der Waals surface area (Å²) in [7, 11) is 0. The highest BCUT2D eigenvalue weighted by molar-refractivity contribution is 5.76. The number of hydrogen-bond donors (Lipinski definition) is 1. The predicted molar refractivity (Wildman–Crippen MR) is 106 cm³/mol. The van der Waals surface area contributed by atoms with Crippen LogP contribution in [0.4, 0.5) is 0 Å². The van der Waals surface area contributed by atoms with Crippen molar-refractivity contribution in [2.45, 2.75) is 38.3 Å². The summed E-state index contributed by atoms with van der Waals surface area (Å²) in [5, 5.41) is 0. The summed E-state index contributed by atoms with van der Waals surface area (Å²) >= 11 is 0. The Morgan fingerprint density at radius 2 is 1.79 bits per heavy atom. The highest BCUT2D eigenvalue weighted by atomic mass is 16.2. The maximum atomic E-state index is 12.5. The Kier molecular flexibility index (Phi) is 5.43. The van der Waals surface area contributed by atoms with Crippen LogP contribution in [0.15, 0.2) is 46.1 Å². The van der Waals surface area contributed by atoms with Crippen molar-refractivity contribution in [1.82, 2.24) is 19.4 Å². The normalized spacial score (nSPS) is 20.0. The number of carbonyl (C=O) groups is 1. The molecule has 0 bridgehead atoms. The van der Waals surface area contributed by atoms with Crippen LogP contribution in [0.25, 0.3) is 0 Å². The van der Waals surface area contributed by atoms with E-state index in [1.54, 1.807) is 0 Å². The number of nitrogens with zero attached hydrogens (tertiary/aromatic N) is 3. The summed E-state index contributed by atoms with van der Waals surface area (Å²) in [5.41, 5.74) is 2.05. The van der Waals surface area contributed by atoms with Crippen LogP contribution >= 0.6 is 0 Å². The molecule has 1 aromatic carbocycles. The number of H-pyrrole nitrogens is 1. The quantitative estimate of drug-likeness (QED) is 0.841. The van der Waals surface area contributed by atoms with Gasteiger partial charge in [0, 0.05) is 57.4 Å². The highest BCUT2D eigenvalue weighted by Gasteiger charge is 2.28. The number of aromatic amines is 1. The van der Waals surface area contributed by atoms with Crippen LogP contribution < -0.4 is 11.2 Å². The molecule has 2 aromatic rings. The Balaban J connectivity index is 1.27. The van der Waals surface area contributed by atoms with E-state index in [1.807, 2.05) is 4.90 Å². The maximum absolute atomic E-state index is 12.5. The zero-order chi connectivity index (χ0) is 19.5. The van der Waals surface area contributed by atoms with E-state index >= 15 is 0 Å². The monoisotopic (exact) mass is 382 g/mol. The molecule has 1 atom stereocenters. The van der Waals surface area contributed by atoms with Gasteiger partial charge in [-0.25, -0.2) is 4.79 Å². The summed E-state index contributed by atoms with van der Waals surface area (Å²) in [4.78, 5) is 42.0. The Bertz CT molecular complexity index is 956. The minimum absolute atomic E-state index is 0.0618. The molecule has 1 saturated heterocycles. The molecule has 0 spiro atoms. The van der Waals surface area contributed by atoms with Gasteiger partial charge in [-0.1, -0.05) is 24.3 Å². The maximum Gasteiger partial charge on any atom is 0.328 e. The van der Waals surface area contributed by atoms with Crippen molar-refractivity contribution in [3.8, 4) is 0 Å². The number of rotatable bonds is 4. The summed E-state index contributed by atoms with van der Waals surface area (Å²) in [5.74, 6) is 0.0618. The molecule has 1 N–H and O–H groups in total. The van der Waals surface area contributed by atoms with E-state index in [0.717, 1.165) is 39.0 Å². The van der Waals surface area contributed by atoms with Crippen LogP contribution in [0.1, 0.15) is 24.0 Å². The van der Waals surface area contributed by atoms with Gasteiger partial charge in [0.25, 0.3) is 5.56 Å². The van der Waals surface area contributed by atoms with Gasteiger partial charge >= 0.3 is 5.69 Å². The molecule has 2 heterocycles. The lowest BCUT2D eigenvalue weighted by molar-refractivity contribution is -0.133. The molecule has 2 aliphatic rings. The third-order valence-electron chi connectivity index (χ3n) is 5.97. The first-order chi connectivity index (χ1) is 13.6. The Morgan fingerprint density at radius 1 is 1.04 bits per heavy atom. The number of fused-ring (bicyclic) bond motifs is 1. The van der Waals surface area contributed by atoms with E-state index < -0.39 is 11.2 Å². The number of piperazine rings is 1. The molecule has 7 nitrogen and oxygen atoms in total. The zero-order valence-corrected chi connectivity index (χ0v) is 16.0. The van der Waals surface area contributed by atoms with Gasteiger partial charge in [-0.05, 0) is 30.4 Å². The van der Waals surface area contributed by atoms with Crippen molar-refractivity contribution < 1.29 is 4.79 Å². The second-order valence-electron chi connectivity index (χ2n) is 7.64. The lowest BCUT2D eigenvalue weighted by Crippen LogP contribution is -2.53. The zero-order valence-electron chi connectivity index (χ0n) is 16.0. The number of benzene rings is 1. The third-order valence-corrected chi connectivity index (χ3v) is 5.97. The Hall–Kier alpha value is -2.67. The lowest BCUT2D eigenvalue weighted by atomic mass is 9.87. The molecule has 0 radical (unpaired) electrons. The van der Waals surface area contributed by atoms with Gasteiger partial charge in [-0.2, -0.15) is 0 Å². The smallest absolute Gasteiger partial charge is 0.328 e. The molecule has 7 heteroatoms. The molecule has 1 aromatic heterocycles. The predicted octanol–water partition coefficient (Wildman–Crippen LogP) is 0.628. The van der Waals surface area contributed by atoms with E-state index in [2.05, 4.69) is 34.1 Å². The van der Waals surface area contributed by atoms with Gasteiger partial charge in [0.2, 0.25) is 5.91 Å². The van der Waals surface area contributed by atoms with E-state index in [9.17, 15) is 14.4 Å². The molecule has 0 saturated carbocycles. The summed E-state index contributed by atoms with van der Waals surface area (Å²) in [6.45, 7) is 3.55. The Morgan fingerprint density at radius 3 is 2.54 bits per heavy atom. The van der Waals surface area contributed by atoms with Crippen LogP contribution in [0.2, 0.25) is 0 Å². The first-order valence-corrected chi connectivity index (χ1v) is 9.98. The van der Waals surface area contributed by atoms with Gasteiger partial charge in [0.05, 0.1) is 0 Å². The number of aromatic nitrogens is 2. The fraction of sp³-hybridized carbons (Fsp3) is 0.476. The highest BCUT2D eigenvalue weighted by Crippen LogP contribution is 2.25. The van der Waals surface area contributed by atoms with Crippen LogP contribution in [-0.2, 0) is 24.2 Å². The molecule has 1 aliphatic carbocycles. The van der Waals surface area contributed by atoms with Crippen molar-refractivity contribution in [2.75, 3.05) is 26.2 Å². The third kappa shape index (κ3) is 4.09. The second kappa shape index (κ2) is 8.14. The number of hydrogen-bond acceptors (Lipinski definition) is 4. The summed E-state index contributed by atoms with van der Waals surface area (Å²) in [6.07, 6.45) is 5.11.